The Hall–Kier alpha value is -2.15. The van der Waals surface area contributed by atoms with Gasteiger partial charge in [-0.15, -0.1) is 10.2 Å². The maximum absolute atomic E-state index is 11.8. The summed E-state index contributed by atoms with van der Waals surface area (Å²) in [5.74, 6) is 0.967. The van der Waals surface area contributed by atoms with Crippen LogP contribution >= 0.6 is 0 Å². The zero-order valence-corrected chi connectivity index (χ0v) is 14.0. The summed E-state index contributed by atoms with van der Waals surface area (Å²) >= 11 is 0. The Kier molecular flexibility index (Phi) is 6.34. The van der Waals surface area contributed by atoms with E-state index in [2.05, 4.69) is 32.4 Å². The van der Waals surface area contributed by atoms with Crippen LogP contribution in [0.1, 0.15) is 25.3 Å². The third kappa shape index (κ3) is 6.23. The molecule has 124 valence electrons. The van der Waals surface area contributed by atoms with Crippen LogP contribution in [0.2, 0.25) is 0 Å². The molecule has 1 aromatic heterocycles. The zero-order chi connectivity index (χ0) is 16.5. The molecule has 0 atom stereocenters. The van der Waals surface area contributed by atoms with Crippen molar-refractivity contribution in [2.24, 2.45) is 0 Å². The average Bonchev–Trinajstić information content (AvgIpc) is 2.55. The molecule has 2 N–H and O–H groups in total. The molecule has 23 heavy (non-hydrogen) atoms. The molecular formula is C16H22N4O2S. The van der Waals surface area contributed by atoms with E-state index in [1.54, 1.807) is 12.1 Å². The second-order valence-electron chi connectivity index (χ2n) is 5.24. The molecule has 0 unspecified atom stereocenters. The SMILES string of the molecule is CCCCS(=O)(=O)Nc1ccc(NCCc2ccccc2)nn1. The van der Waals surface area contributed by atoms with Crippen molar-refractivity contribution in [3.63, 3.8) is 0 Å². The fraction of sp³-hybridized carbons (Fsp3) is 0.375. The van der Waals surface area contributed by atoms with Gasteiger partial charge < -0.3 is 5.32 Å². The van der Waals surface area contributed by atoms with Crippen molar-refractivity contribution >= 4 is 21.7 Å². The Morgan fingerprint density at radius 2 is 1.70 bits per heavy atom. The highest BCUT2D eigenvalue weighted by Gasteiger charge is 2.10. The van der Waals surface area contributed by atoms with E-state index in [4.69, 9.17) is 0 Å². The molecule has 0 bridgehead atoms. The molecule has 0 aliphatic rings. The summed E-state index contributed by atoms with van der Waals surface area (Å²) < 4.78 is 26.0. The minimum atomic E-state index is -3.34. The Balaban J connectivity index is 1.82. The zero-order valence-electron chi connectivity index (χ0n) is 13.2. The van der Waals surface area contributed by atoms with E-state index < -0.39 is 10.0 Å². The maximum Gasteiger partial charge on any atom is 0.233 e. The van der Waals surface area contributed by atoms with E-state index >= 15 is 0 Å². The van der Waals surface area contributed by atoms with Crippen LogP contribution in [0.15, 0.2) is 42.5 Å². The molecule has 1 aromatic carbocycles. The Labute approximate surface area is 137 Å². The first kappa shape index (κ1) is 17.2. The Morgan fingerprint density at radius 3 is 2.35 bits per heavy atom. The van der Waals surface area contributed by atoms with Gasteiger partial charge in [0.15, 0.2) is 5.82 Å². The van der Waals surface area contributed by atoms with E-state index in [9.17, 15) is 8.42 Å². The van der Waals surface area contributed by atoms with Crippen molar-refractivity contribution in [3.8, 4) is 0 Å². The number of unbranched alkanes of at least 4 members (excludes halogenated alkanes) is 1. The van der Waals surface area contributed by atoms with Crippen molar-refractivity contribution in [1.29, 1.82) is 0 Å². The smallest absolute Gasteiger partial charge is 0.233 e. The number of anilines is 2. The van der Waals surface area contributed by atoms with E-state index in [0.717, 1.165) is 19.4 Å². The minimum Gasteiger partial charge on any atom is -0.368 e. The van der Waals surface area contributed by atoms with Crippen molar-refractivity contribution in [2.75, 3.05) is 22.3 Å². The van der Waals surface area contributed by atoms with Crippen molar-refractivity contribution in [2.45, 2.75) is 26.2 Å². The molecule has 0 radical (unpaired) electrons. The van der Waals surface area contributed by atoms with E-state index in [0.29, 0.717) is 12.2 Å². The van der Waals surface area contributed by atoms with Crippen LogP contribution in [-0.2, 0) is 16.4 Å². The van der Waals surface area contributed by atoms with Crippen LogP contribution in [0.4, 0.5) is 11.6 Å². The van der Waals surface area contributed by atoms with E-state index in [1.165, 1.54) is 5.56 Å². The van der Waals surface area contributed by atoms with Crippen LogP contribution in [0, 0.1) is 0 Å². The third-order valence-corrected chi connectivity index (χ3v) is 4.60. The van der Waals surface area contributed by atoms with Gasteiger partial charge in [0.1, 0.15) is 5.82 Å². The number of aromatic nitrogens is 2. The van der Waals surface area contributed by atoms with Crippen LogP contribution in [0.25, 0.3) is 0 Å². The lowest BCUT2D eigenvalue weighted by molar-refractivity contribution is 0.597. The molecule has 2 aromatic rings. The van der Waals surface area contributed by atoms with Gasteiger partial charge in [-0.25, -0.2) is 8.42 Å². The van der Waals surface area contributed by atoms with E-state index in [-0.39, 0.29) is 11.6 Å². The second-order valence-corrected chi connectivity index (χ2v) is 7.08. The number of rotatable bonds is 9. The first-order chi connectivity index (χ1) is 11.1. The summed E-state index contributed by atoms with van der Waals surface area (Å²) in [6.07, 6.45) is 2.34. The number of hydrogen-bond acceptors (Lipinski definition) is 5. The predicted octanol–water partition coefficient (Wildman–Crippen LogP) is 2.67. The summed E-state index contributed by atoms with van der Waals surface area (Å²) in [4.78, 5) is 0. The van der Waals surface area contributed by atoms with Gasteiger partial charge in [0, 0.05) is 6.54 Å². The van der Waals surface area contributed by atoms with Gasteiger partial charge in [0.2, 0.25) is 10.0 Å². The quantitative estimate of drug-likeness (QED) is 0.736. The second kappa shape index (κ2) is 8.47. The van der Waals surface area contributed by atoms with Gasteiger partial charge >= 0.3 is 0 Å². The molecular weight excluding hydrogens is 312 g/mol. The molecule has 0 spiro atoms. The minimum absolute atomic E-state index is 0.0995. The number of benzene rings is 1. The van der Waals surface area contributed by atoms with Gasteiger partial charge in [-0.05, 0) is 30.5 Å². The van der Waals surface area contributed by atoms with Gasteiger partial charge in [0.25, 0.3) is 0 Å². The Bertz CT molecular complexity index is 688. The molecule has 2 rings (SSSR count). The normalized spacial score (nSPS) is 11.2. The molecule has 0 saturated heterocycles. The number of nitrogens with zero attached hydrogens (tertiary/aromatic N) is 2. The lowest BCUT2D eigenvalue weighted by atomic mass is 10.1. The van der Waals surface area contributed by atoms with Crippen LogP contribution < -0.4 is 10.0 Å². The monoisotopic (exact) mass is 334 g/mol. The first-order valence-electron chi connectivity index (χ1n) is 7.71. The fourth-order valence-corrected chi connectivity index (χ4v) is 3.20. The Morgan fingerprint density at radius 1 is 1.00 bits per heavy atom. The van der Waals surface area contributed by atoms with Crippen molar-refractivity contribution < 1.29 is 8.42 Å². The highest BCUT2D eigenvalue weighted by Crippen LogP contribution is 2.09. The summed E-state index contributed by atoms with van der Waals surface area (Å²) in [5, 5.41) is 11.0. The predicted molar refractivity (Wildman–Crippen MR) is 93.0 cm³/mol. The lowest BCUT2D eigenvalue weighted by Gasteiger charge is -2.08. The highest BCUT2D eigenvalue weighted by atomic mass is 32.2. The molecule has 0 saturated carbocycles. The van der Waals surface area contributed by atoms with E-state index in [1.807, 2.05) is 25.1 Å². The molecule has 7 heteroatoms. The molecule has 0 aliphatic heterocycles. The lowest BCUT2D eigenvalue weighted by Crippen LogP contribution is -2.17. The van der Waals surface area contributed by atoms with Crippen LogP contribution in [0.5, 0.6) is 0 Å². The van der Waals surface area contributed by atoms with Gasteiger partial charge in [-0.1, -0.05) is 43.7 Å². The topological polar surface area (TPSA) is 84.0 Å². The fourth-order valence-electron chi connectivity index (χ4n) is 2.01. The van der Waals surface area contributed by atoms with Crippen LogP contribution in [0.3, 0.4) is 0 Å². The largest absolute Gasteiger partial charge is 0.368 e. The maximum atomic E-state index is 11.8. The summed E-state index contributed by atoms with van der Waals surface area (Å²) in [6.45, 7) is 2.69. The van der Waals surface area contributed by atoms with Gasteiger partial charge in [0.05, 0.1) is 5.75 Å². The molecule has 0 amide bonds. The van der Waals surface area contributed by atoms with Gasteiger partial charge in [-0.2, -0.15) is 0 Å². The molecule has 1 heterocycles. The summed E-state index contributed by atoms with van der Waals surface area (Å²) in [7, 11) is -3.34. The summed E-state index contributed by atoms with van der Waals surface area (Å²) in [6, 6.07) is 13.5. The number of nitrogens with one attached hydrogen (secondary N) is 2. The third-order valence-electron chi connectivity index (χ3n) is 3.25. The molecule has 0 aliphatic carbocycles. The average molecular weight is 334 g/mol. The number of hydrogen-bond donors (Lipinski definition) is 2. The molecule has 6 nitrogen and oxygen atoms in total. The van der Waals surface area contributed by atoms with Crippen LogP contribution in [-0.4, -0.2) is 30.9 Å². The van der Waals surface area contributed by atoms with Crippen molar-refractivity contribution in [3.05, 3.63) is 48.0 Å². The van der Waals surface area contributed by atoms with Gasteiger partial charge in [-0.3, -0.25) is 4.72 Å². The number of sulfonamides is 1. The summed E-state index contributed by atoms with van der Waals surface area (Å²) in [5.41, 5.74) is 1.24. The molecule has 0 fully saturated rings. The first-order valence-corrected chi connectivity index (χ1v) is 9.36. The van der Waals surface area contributed by atoms with Crippen molar-refractivity contribution in [1.82, 2.24) is 10.2 Å². The standard InChI is InChI=1S/C16H22N4O2S/c1-2-3-13-23(21,22)20-16-10-9-15(18-19-16)17-12-11-14-7-5-4-6-8-14/h4-10H,2-3,11-13H2,1H3,(H,17,18)(H,19,20). The highest BCUT2D eigenvalue weighted by molar-refractivity contribution is 7.92.